The molecule has 2 atom stereocenters. The minimum Gasteiger partial charge on any atom is -0.497 e. The monoisotopic (exact) mass is 359 g/mol. The lowest BCUT2D eigenvalue weighted by Crippen LogP contribution is -2.36. The molecule has 3 N–H and O–H groups in total. The summed E-state index contributed by atoms with van der Waals surface area (Å²) in [5, 5.41) is 22.7. The zero-order chi connectivity index (χ0) is 18.9. The van der Waals surface area contributed by atoms with Crippen molar-refractivity contribution in [1.82, 2.24) is 5.32 Å². The molecule has 0 fully saturated rings. The standard InChI is InChI=1S/C19H21NO6/c1-25-15-7-8-16(14(9-15)11-21)18(23)17(22)10-20-19(24)26-12-13-5-3-2-4-6-13/h2-9,11,17-18,22-23H,10,12H2,1H3,(H,20,24). The maximum Gasteiger partial charge on any atom is 0.407 e. The number of carbonyl (C=O) groups excluding carboxylic acids is 2. The van der Waals surface area contributed by atoms with Gasteiger partial charge >= 0.3 is 6.09 Å². The summed E-state index contributed by atoms with van der Waals surface area (Å²) in [5.74, 6) is 0.458. The maximum absolute atomic E-state index is 11.7. The van der Waals surface area contributed by atoms with E-state index in [1.54, 1.807) is 6.07 Å². The molecule has 26 heavy (non-hydrogen) atoms. The SMILES string of the molecule is COc1ccc(C(O)C(O)CNC(=O)OCc2ccccc2)c(C=O)c1. The van der Waals surface area contributed by atoms with Gasteiger partial charge in [-0.2, -0.15) is 0 Å². The summed E-state index contributed by atoms with van der Waals surface area (Å²) >= 11 is 0. The molecule has 2 aromatic carbocycles. The van der Waals surface area contributed by atoms with Crippen LogP contribution in [0.25, 0.3) is 0 Å². The first-order valence-electron chi connectivity index (χ1n) is 7.99. The second-order valence-electron chi connectivity index (χ2n) is 5.57. The first kappa shape index (κ1) is 19.4. The molecule has 2 aromatic rings. The second kappa shape index (κ2) is 9.55. The highest BCUT2D eigenvalue weighted by Gasteiger charge is 2.22. The third-order valence-corrected chi connectivity index (χ3v) is 3.77. The van der Waals surface area contributed by atoms with Gasteiger partial charge in [-0.3, -0.25) is 4.79 Å². The topological polar surface area (TPSA) is 105 Å². The molecule has 138 valence electrons. The Morgan fingerprint density at radius 3 is 2.58 bits per heavy atom. The van der Waals surface area contributed by atoms with Crippen LogP contribution >= 0.6 is 0 Å². The van der Waals surface area contributed by atoms with E-state index in [4.69, 9.17) is 9.47 Å². The van der Waals surface area contributed by atoms with E-state index in [1.807, 2.05) is 30.3 Å². The number of aliphatic hydroxyl groups is 2. The highest BCUT2D eigenvalue weighted by molar-refractivity contribution is 5.78. The van der Waals surface area contributed by atoms with E-state index < -0.39 is 18.3 Å². The van der Waals surface area contributed by atoms with E-state index >= 15 is 0 Å². The summed E-state index contributed by atoms with van der Waals surface area (Å²) in [7, 11) is 1.46. The van der Waals surface area contributed by atoms with Gasteiger partial charge < -0.3 is 25.0 Å². The average molecular weight is 359 g/mol. The lowest BCUT2D eigenvalue weighted by Gasteiger charge is -2.20. The lowest BCUT2D eigenvalue weighted by molar-refractivity contribution is 0.0180. The number of benzene rings is 2. The average Bonchev–Trinajstić information content (AvgIpc) is 2.70. The summed E-state index contributed by atoms with van der Waals surface area (Å²) < 4.78 is 10.0. The Kier molecular flexibility index (Phi) is 7.13. The van der Waals surface area contributed by atoms with E-state index in [0.717, 1.165) is 5.56 Å². The van der Waals surface area contributed by atoms with Crippen molar-refractivity contribution in [3.05, 3.63) is 65.2 Å². The summed E-state index contributed by atoms with van der Waals surface area (Å²) in [6.07, 6.45) is -2.82. The van der Waals surface area contributed by atoms with Crippen molar-refractivity contribution in [2.24, 2.45) is 0 Å². The number of aliphatic hydroxyl groups excluding tert-OH is 2. The Labute approximate surface area is 151 Å². The molecule has 0 radical (unpaired) electrons. The van der Waals surface area contributed by atoms with Crippen LogP contribution in [0, 0.1) is 0 Å². The van der Waals surface area contributed by atoms with Gasteiger partial charge in [0.15, 0.2) is 6.29 Å². The highest BCUT2D eigenvalue weighted by atomic mass is 16.5. The Morgan fingerprint density at radius 2 is 1.92 bits per heavy atom. The normalized spacial score (nSPS) is 12.7. The number of amides is 1. The van der Waals surface area contributed by atoms with Crippen molar-refractivity contribution in [3.63, 3.8) is 0 Å². The summed E-state index contributed by atoms with van der Waals surface area (Å²) in [4.78, 5) is 22.9. The molecule has 0 aromatic heterocycles. The Balaban J connectivity index is 1.87. The molecule has 0 saturated carbocycles. The number of hydrogen-bond donors (Lipinski definition) is 3. The molecule has 0 saturated heterocycles. The maximum atomic E-state index is 11.7. The van der Waals surface area contributed by atoms with Gasteiger partial charge in [-0.05, 0) is 23.3 Å². The van der Waals surface area contributed by atoms with Crippen molar-refractivity contribution >= 4 is 12.4 Å². The van der Waals surface area contributed by atoms with Crippen molar-refractivity contribution in [1.29, 1.82) is 0 Å². The van der Waals surface area contributed by atoms with Gasteiger partial charge in [0, 0.05) is 12.1 Å². The molecule has 0 heterocycles. The number of hydrogen-bond acceptors (Lipinski definition) is 6. The number of ether oxygens (including phenoxy) is 2. The number of nitrogens with one attached hydrogen (secondary N) is 1. The van der Waals surface area contributed by atoms with Crippen LogP contribution in [0.4, 0.5) is 4.79 Å². The summed E-state index contributed by atoms with van der Waals surface area (Å²) in [6, 6.07) is 13.7. The van der Waals surface area contributed by atoms with Gasteiger partial charge in [0.25, 0.3) is 0 Å². The van der Waals surface area contributed by atoms with Gasteiger partial charge in [0.2, 0.25) is 0 Å². The Bertz CT molecular complexity index is 734. The molecule has 1 amide bonds. The fraction of sp³-hybridized carbons (Fsp3) is 0.263. The molecule has 0 bridgehead atoms. The van der Waals surface area contributed by atoms with Crippen LogP contribution in [0.1, 0.15) is 27.6 Å². The molecular weight excluding hydrogens is 338 g/mol. The Hall–Kier alpha value is -2.90. The molecule has 0 aliphatic carbocycles. The molecular formula is C19H21NO6. The largest absolute Gasteiger partial charge is 0.497 e. The van der Waals surface area contributed by atoms with Crippen LogP contribution in [-0.2, 0) is 11.3 Å². The number of carbonyl (C=O) groups is 2. The predicted molar refractivity (Wildman–Crippen MR) is 94.0 cm³/mol. The zero-order valence-corrected chi connectivity index (χ0v) is 14.3. The van der Waals surface area contributed by atoms with Crippen LogP contribution in [0.3, 0.4) is 0 Å². The molecule has 0 spiro atoms. The van der Waals surface area contributed by atoms with Crippen LogP contribution in [0.5, 0.6) is 5.75 Å². The number of methoxy groups -OCH3 is 1. The van der Waals surface area contributed by atoms with Crippen LogP contribution in [0.2, 0.25) is 0 Å². The highest BCUT2D eigenvalue weighted by Crippen LogP contribution is 2.24. The fourth-order valence-corrected chi connectivity index (χ4v) is 2.33. The molecule has 7 nitrogen and oxygen atoms in total. The van der Waals surface area contributed by atoms with E-state index in [9.17, 15) is 19.8 Å². The van der Waals surface area contributed by atoms with E-state index in [2.05, 4.69) is 5.32 Å². The molecule has 2 unspecified atom stereocenters. The molecule has 2 rings (SSSR count). The van der Waals surface area contributed by atoms with Crippen molar-refractivity contribution < 1.29 is 29.3 Å². The quantitative estimate of drug-likeness (QED) is 0.621. The first-order chi connectivity index (χ1) is 12.5. The third-order valence-electron chi connectivity index (χ3n) is 3.77. The third kappa shape index (κ3) is 5.30. The van der Waals surface area contributed by atoms with Crippen LogP contribution in [-0.4, -0.2) is 42.4 Å². The second-order valence-corrected chi connectivity index (χ2v) is 5.57. The number of rotatable bonds is 8. The van der Waals surface area contributed by atoms with E-state index in [-0.39, 0.29) is 24.3 Å². The Morgan fingerprint density at radius 1 is 1.19 bits per heavy atom. The molecule has 0 aliphatic rings. The van der Waals surface area contributed by atoms with E-state index in [1.165, 1.54) is 19.2 Å². The van der Waals surface area contributed by atoms with E-state index in [0.29, 0.717) is 12.0 Å². The van der Waals surface area contributed by atoms with Gasteiger partial charge in [-0.1, -0.05) is 36.4 Å². The molecule has 7 heteroatoms. The lowest BCUT2D eigenvalue weighted by atomic mass is 9.99. The zero-order valence-electron chi connectivity index (χ0n) is 14.3. The minimum atomic E-state index is -1.35. The smallest absolute Gasteiger partial charge is 0.407 e. The van der Waals surface area contributed by atoms with Crippen molar-refractivity contribution in [2.75, 3.05) is 13.7 Å². The predicted octanol–water partition coefficient (Wildman–Crippen LogP) is 1.83. The number of aldehydes is 1. The summed E-state index contributed by atoms with van der Waals surface area (Å²) in [6.45, 7) is -0.141. The summed E-state index contributed by atoms with van der Waals surface area (Å²) in [5.41, 5.74) is 1.27. The van der Waals surface area contributed by atoms with Crippen molar-refractivity contribution in [3.8, 4) is 5.75 Å². The first-order valence-corrected chi connectivity index (χ1v) is 7.99. The van der Waals surface area contributed by atoms with Crippen LogP contribution in [0.15, 0.2) is 48.5 Å². The van der Waals surface area contributed by atoms with Gasteiger partial charge in [0.05, 0.1) is 7.11 Å². The fourth-order valence-electron chi connectivity index (χ4n) is 2.33. The van der Waals surface area contributed by atoms with Gasteiger partial charge in [-0.15, -0.1) is 0 Å². The number of alkyl carbamates (subject to hydrolysis) is 1. The van der Waals surface area contributed by atoms with Gasteiger partial charge in [-0.25, -0.2) is 4.79 Å². The molecule has 0 aliphatic heterocycles. The van der Waals surface area contributed by atoms with Gasteiger partial charge in [0.1, 0.15) is 24.6 Å². The van der Waals surface area contributed by atoms with Crippen molar-refractivity contribution in [2.45, 2.75) is 18.8 Å². The minimum absolute atomic E-state index is 0.0963. The van der Waals surface area contributed by atoms with Crippen LogP contribution < -0.4 is 10.1 Å².